The molecule has 0 spiro atoms. The number of amides is 1. The number of nitrogens with zero attached hydrogens (tertiary/aromatic N) is 3. The number of likely N-dealkylation sites (N-methyl/N-ethyl adjacent to an activating group) is 1. The molecule has 0 aromatic heterocycles. The van der Waals surface area contributed by atoms with Crippen LogP contribution in [-0.4, -0.2) is 99.4 Å². The summed E-state index contributed by atoms with van der Waals surface area (Å²) in [5, 5.41) is 44.9. The largest absolute Gasteiger partial charge is 0.508 e. The standard InChI is InChI=1S/C29H32F3N3O7/c1-33-27(41)21-24(38)22(34(2)3)17-11-14-10-16-13(12-35-8-6-15(7-9-35)29(30,31)32)4-5-18(36)20(16)23(37)19(14)25(39)28(17,42)26(21)40/h4-5,14-15,17,22,36-37,40,42H,1,6-12H2,2-3H3/t14-,17-,22+,28-/m0/s1. The average Bonchev–Trinajstić information content (AvgIpc) is 2.91. The summed E-state index contributed by atoms with van der Waals surface area (Å²) in [6, 6.07) is 1.76. The predicted octanol–water partition coefficient (Wildman–Crippen LogP) is 2.48. The maximum Gasteiger partial charge on any atom is 0.391 e. The Morgan fingerprint density at radius 1 is 1.17 bits per heavy atom. The Labute approximate surface area is 239 Å². The Bertz CT molecular complexity index is 1440. The summed E-state index contributed by atoms with van der Waals surface area (Å²) in [5.74, 6) is -8.52. The molecule has 1 heterocycles. The predicted molar refractivity (Wildman–Crippen MR) is 144 cm³/mol. The third-order valence-electron chi connectivity index (χ3n) is 9.26. The number of aromatic hydroxyl groups is 1. The average molecular weight is 592 g/mol. The van der Waals surface area contributed by atoms with Gasteiger partial charge in [0.25, 0.3) is 5.91 Å². The number of piperidine rings is 1. The zero-order valence-electron chi connectivity index (χ0n) is 23.1. The van der Waals surface area contributed by atoms with Gasteiger partial charge in [-0.1, -0.05) is 6.07 Å². The summed E-state index contributed by atoms with van der Waals surface area (Å²) >= 11 is 0. The second-order valence-corrected chi connectivity index (χ2v) is 11.8. The van der Waals surface area contributed by atoms with Crippen LogP contribution in [0.4, 0.5) is 13.2 Å². The zero-order chi connectivity index (χ0) is 30.9. The number of hydrogen-bond acceptors (Lipinski definition) is 9. The first-order chi connectivity index (χ1) is 19.6. The van der Waals surface area contributed by atoms with E-state index in [0.717, 1.165) is 0 Å². The van der Waals surface area contributed by atoms with Gasteiger partial charge in [0.2, 0.25) is 5.78 Å². The number of aliphatic hydroxyl groups excluding tert-OH is 2. The van der Waals surface area contributed by atoms with Crippen LogP contribution >= 0.6 is 0 Å². The van der Waals surface area contributed by atoms with Crippen molar-refractivity contribution in [2.75, 3.05) is 27.2 Å². The lowest BCUT2D eigenvalue weighted by Crippen LogP contribution is -2.65. The van der Waals surface area contributed by atoms with E-state index < -0.39 is 70.1 Å². The number of carbonyl (C=O) groups excluding carboxylic acids is 3. The first-order valence-electron chi connectivity index (χ1n) is 13.6. The van der Waals surface area contributed by atoms with Gasteiger partial charge in [-0.3, -0.25) is 24.2 Å². The highest BCUT2D eigenvalue weighted by Crippen LogP contribution is 2.53. The van der Waals surface area contributed by atoms with Gasteiger partial charge >= 0.3 is 6.18 Å². The van der Waals surface area contributed by atoms with E-state index in [4.69, 9.17) is 0 Å². The van der Waals surface area contributed by atoms with E-state index in [9.17, 15) is 48.0 Å². The van der Waals surface area contributed by atoms with Crippen molar-refractivity contribution in [3.63, 3.8) is 0 Å². The molecule has 13 heteroatoms. The number of aliphatic hydroxyl groups is 3. The number of alkyl halides is 3. The van der Waals surface area contributed by atoms with Crippen LogP contribution in [0.2, 0.25) is 0 Å². The monoisotopic (exact) mass is 591 g/mol. The molecule has 0 bridgehead atoms. The minimum absolute atomic E-state index is 0.0390. The van der Waals surface area contributed by atoms with Crippen molar-refractivity contribution in [1.29, 1.82) is 0 Å². The molecule has 4 aliphatic rings. The lowest BCUT2D eigenvalue weighted by atomic mass is 9.57. The zero-order valence-corrected chi connectivity index (χ0v) is 23.1. The van der Waals surface area contributed by atoms with E-state index in [1.807, 2.05) is 4.90 Å². The molecule has 0 radical (unpaired) electrons. The van der Waals surface area contributed by atoms with Crippen LogP contribution < -0.4 is 0 Å². The first kappa shape index (κ1) is 29.9. The number of Topliss-reactive ketones (excluding diaryl/α,β-unsaturated/α-hetero) is 2. The van der Waals surface area contributed by atoms with Crippen LogP contribution in [0.5, 0.6) is 5.75 Å². The van der Waals surface area contributed by atoms with Crippen molar-refractivity contribution < 1.29 is 48.0 Å². The van der Waals surface area contributed by atoms with Crippen molar-refractivity contribution in [3.8, 4) is 5.75 Å². The fourth-order valence-electron chi connectivity index (χ4n) is 7.16. The summed E-state index contributed by atoms with van der Waals surface area (Å²) in [5.41, 5.74) is -2.72. The molecular weight excluding hydrogens is 559 g/mol. The van der Waals surface area contributed by atoms with Crippen molar-refractivity contribution in [1.82, 2.24) is 9.80 Å². The van der Waals surface area contributed by atoms with Crippen molar-refractivity contribution >= 4 is 30.0 Å². The molecule has 1 amide bonds. The molecule has 42 heavy (non-hydrogen) atoms. The molecule has 1 aromatic rings. The van der Waals surface area contributed by atoms with Gasteiger partial charge in [-0.2, -0.15) is 13.2 Å². The van der Waals surface area contributed by atoms with Gasteiger partial charge in [0, 0.05) is 18.0 Å². The molecule has 1 aromatic carbocycles. The summed E-state index contributed by atoms with van der Waals surface area (Å²) in [6.07, 6.45) is -4.26. The van der Waals surface area contributed by atoms with E-state index in [-0.39, 0.29) is 62.2 Å². The van der Waals surface area contributed by atoms with E-state index in [2.05, 4.69) is 11.7 Å². The number of rotatable bonds is 4. The van der Waals surface area contributed by atoms with Gasteiger partial charge in [-0.15, -0.1) is 0 Å². The topological polar surface area (TPSA) is 151 Å². The lowest BCUT2D eigenvalue weighted by Gasteiger charge is -2.50. The van der Waals surface area contributed by atoms with Crippen LogP contribution in [-0.2, 0) is 27.3 Å². The molecular formula is C29H32F3N3O7. The third kappa shape index (κ3) is 4.45. The lowest BCUT2D eigenvalue weighted by molar-refractivity contribution is -0.185. The molecule has 226 valence electrons. The van der Waals surface area contributed by atoms with Crippen molar-refractivity contribution in [3.05, 3.63) is 45.7 Å². The molecule has 10 nitrogen and oxygen atoms in total. The molecule has 1 saturated heterocycles. The summed E-state index contributed by atoms with van der Waals surface area (Å²) < 4.78 is 39.5. The Kier molecular flexibility index (Phi) is 7.35. The van der Waals surface area contributed by atoms with E-state index in [1.165, 1.54) is 25.1 Å². The van der Waals surface area contributed by atoms with Crippen molar-refractivity contribution in [2.24, 2.45) is 22.7 Å². The minimum atomic E-state index is -4.25. The number of carbonyl (C=O) groups is 3. The van der Waals surface area contributed by atoms with Gasteiger partial charge in [0.15, 0.2) is 11.4 Å². The SMILES string of the molecule is C=NC(=O)C1=C(O)[C@@]2(O)C(=O)C3=C(O)c4c(O)ccc(CN5CCC(C(F)(F)F)CC5)c4C[C@H]3C[C@H]2[C@@H](N(C)C)C1=O. The Morgan fingerprint density at radius 3 is 2.38 bits per heavy atom. The fourth-order valence-corrected chi connectivity index (χ4v) is 7.16. The van der Waals surface area contributed by atoms with Gasteiger partial charge in [0.1, 0.15) is 22.8 Å². The second kappa shape index (κ2) is 10.3. The van der Waals surface area contributed by atoms with Crippen LogP contribution in [0.1, 0.15) is 36.0 Å². The number of halogens is 3. The first-order valence-corrected chi connectivity index (χ1v) is 13.6. The normalized spacial score (nSPS) is 29.0. The highest BCUT2D eigenvalue weighted by atomic mass is 19.4. The van der Waals surface area contributed by atoms with Gasteiger partial charge in [-0.05, 0) is 82.7 Å². The van der Waals surface area contributed by atoms with E-state index in [1.54, 1.807) is 6.07 Å². The smallest absolute Gasteiger partial charge is 0.391 e. The van der Waals surface area contributed by atoms with Crippen LogP contribution in [0.15, 0.2) is 34.0 Å². The van der Waals surface area contributed by atoms with Gasteiger partial charge in [-0.25, -0.2) is 4.99 Å². The Morgan fingerprint density at radius 2 is 1.81 bits per heavy atom. The van der Waals surface area contributed by atoms with E-state index >= 15 is 0 Å². The number of likely N-dealkylation sites (tertiary alicyclic amines) is 1. The van der Waals surface area contributed by atoms with Crippen molar-refractivity contribution in [2.45, 2.75) is 50.0 Å². The number of benzene rings is 1. The molecule has 1 aliphatic heterocycles. The third-order valence-corrected chi connectivity index (χ3v) is 9.26. The highest BCUT2D eigenvalue weighted by molar-refractivity contribution is 6.25. The fraction of sp³-hybridized carbons (Fsp3) is 0.517. The van der Waals surface area contributed by atoms with Crippen LogP contribution in [0.3, 0.4) is 0 Å². The molecule has 2 fully saturated rings. The molecule has 1 saturated carbocycles. The number of ketones is 2. The van der Waals surface area contributed by atoms with Crippen LogP contribution in [0.25, 0.3) is 5.76 Å². The Balaban J connectivity index is 1.56. The number of phenolic OH excluding ortho intramolecular Hbond substituents is 1. The molecule has 3 aliphatic carbocycles. The summed E-state index contributed by atoms with van der Waals surface area (Å²) in [4.78, 5) is 46.2. The number of aliphatic imine (C=N–C) groups is 1. The summed E-state index contributed by atoms with van der Waals surface area (Å²) in [7, 11) is 3.05. The Hall–Kier alpha value is -3.55. The second-order valence-electron chi connectivity index (χ2n) is 11.8. The number of fused-ring (bicyclic) bond motifs is 3. The molecule has 5 rings (SSSR count). The summed E-state index contributed by atoms with van der Waals surface area (Å²) in [6.45, 7) is 3.77. The molecule has 0 unspecified atom stereocenters. The quantitative estimate of drug-likeness (QED) is 0.306. The van der Waals surface area contributed by atoms with Gasteiger partial charge in [0.05, 0.1) is 17.5 Å². The number of phenols is 1. The number of hydrogen-bond donors (Lipinski definition) is 4. The van der Waals surface area contributed by atoms with Crippen LogP contribution in [0, 0.1) is 17.8 Å². The molecule has 4 N–H and O–H groups in total. The minimum Gasteiger partial charge on any atom is -0.508 e. The highest BCUT2D eigenvalue weighted by Gasteiger charge is 2.64. The maximum atomic E-state index is 14.0. The maximum absolute atomic E-state index is 14.0. The van der Waals surface area contributed by atoms with Gasteiger partial charge < -0.3 is 20.4 Å². The molecule has 4 atom stereocenters. The van der Waals surface area contributed by atoms with E-state index in [0.29, 0.717) is 11.1 Å².